The van der Waals surface area contributed by atoms with Crippen LogP contribution in [0.25, 0.3) is 11.5 Å². The Morgan fingerprint density at radius 3 is 2.76 bits per heavy atom. The molecule has 4 heterocycles. The number of oxazole rings is 1. The number of ether oxygens (including phenoxy) is 1. The van der Waals surface area contributed by atoms with Crippen LogP contribution in [0.15, 0.2) is 51.7 Å². The molecule has 0 spiro atoms. The van der Waals surface area contributed by atoms with E-state index in [1.165, 1.54) is 0 Å². The number of pyridine rings is 1. The number of hydrogen-bond donors (Lipinski definition) is 0. The van der Waals surface area contributed by atoms with E-state index in [1.54, 1.807) is 13.2 Å². The van der Waals surface area contributed by atoms with E-state index in [9.17, 15) is 10.1 Å². The van der Waals surface area contributed by atoms with Crippen molar-refractivity contribution in [1.29, 1.82) is 5.26 Å². The Balaban J connectivity index is 1.48. The fourth-order valence-electron chi connectivity index (χ4n) is 4.52. The van der Waals surface area contributed by atoms with E-state index in [4.69, 9.17) is 9.15 Å². The molecule has 3 aromatic rings. The second kappa shape index (κ2) is 6.82. The first-order chi connectivity index (χ1) is 14.2. The van der Waals surface area contributed by atoms with Crippen LogP contribution in [-0.2, 0) is 6.54 Å². The molecule has 1 aromatic carbocycles. The number of methoxy groups -OCH3 is 1. The number of aromatic nitrogens is 2. The Hall–Kier alpha value is -3.53. The quantitative estimate of drug-likeness (QED) is 0.686. The van der Waals surface area contributed by atoms with Gasteiger partial charge in [0, 0.05) is 42.9 Å². The summed E-state index contributed by atoms with van der Waals surface area (Å²) in [6.45, 7) is 2.14. The smallest absolute Gasteiger partial charge is 0.250 e. The number of piperidine rings is 1. The van der Waals surface area contributed by atoms with Crippen molar-refractivity contribution < 1.29 is 9.15 Å². The van der Waals surface area contributed by atoms with Crippen LogP contribution in [0, 0.1) is 17.2 Å². The lowest BCUT2D eigenvalue weighted by Gasteiger charge is -2.42. The third-order valence-corrected chi connectivity index (χ3v) is 5.82. The first-order valence-electron chi connectivity index (χ1n) is 9.66. The summed E-state index contributed by atoms with van der Waals surface area (Å²) in [6.07, 6.45) is 1.04. The molecule has 2 aromatic heterocycles. The molecular formula is C22H20N4O3. The van der Waals surface area contributed by atoms with Gasteiger partial charge in [0.1, 0.15) is 11.8 Å². The Morgan fingerprint density at radius 2 is 2.00 bits per heavy atom. The largest absolute Gasteiger partial charge is 0.497 e. The number of rotatable bonds is 3. The van der Waals surface area contributed by atoms with Crippen LogP contribution in [0.2, 0.25) is 0 Å². The number of anilines is 1. The van der Waals surface area contributed by atoms with Gasteiger partial charge in [-0.25, -0.2) is 0 Å². The van der Waals surface area contributed by atoms with Gasteiger partial charge in [0.2, 0.25) is 17.5 Å². The molecule has 5 rings (SSSR count). The Morgan fingerprint density at radius 1 is 1.17 bits per heavy atom. The van der Waals surface area contributed by atoms with Crippen LogP contribution in [0.4, 0.5) is 5.88 Å². The van der Waals surface area contributed by atoms with Gasteiger partial charge in [-0.05, 0) is 42.7 Å². The molecule has 0 saturated carbocycles. The van der Waals surface area contributed by atoms with E-state index in [-0.39, 0.29) is 11.5 Å². The highest BCUT2D eigenvalue weighted by molar-refractivity contribution is 5.60. The van der Waals surface area contributed by atoms with Gasteiger partial charge in [0.05, 0.1) is 7.11 Å². The van der Waals surface area contributed by atoms with Crippen molar-refractivity contribution in [3.8, 4) is 23.3 Å². The predicted molar refractivity (Wildman–Crippen MR) is 107 cm³/mol. The molecule has 0 radical (unpaired) electrons. The minimum atomic E-state index is 0.0600. The summed E-state index contributed by atoms with van der Waals surface area (Å²) in [6, 6.07) is 15.0. The van der Waals surface area contributed by atoms with Crippen LogP contribution in [0.3, 0.4) is 0 Å². The Bertz CT molecular complexity index is 1160. The maximum absolute atomic E-state index is 12.2. The van der Waals surface area contributed by atoms with Gasteiger partial charge in [-0.15, -0.1) is 0 Å². The topological polar surface area (TPSA) is 84.3 Å². The minimum Gasteiger partial charge on any atom is -0.497 e. The number of hydrogen-bond acceptors (Lipinski definition) is 6. The first kappa shape index (κ1) is 17.6. The van der Waals surface area contributed by atoms with E-state index in [1.807, 2.05) is 41.0 Å². The molecule has 146 valence electrons. The highest BCUT2D eigenvalue weighted by Crippen LogP contribution is 2.39. The summed E-state index contributed by atoms with van der Waals surface area (Å²) in [5, 5.41) is 9.62. The summed E-state index contributed by atoms with van der Waals surface area (Å²) in [5.41, 5.74) is 2.21. The Labute approximate surface area is 167 Å². The van der Waals surface area contributed by atoms with Gasteiger partial charge in [-0.1, -0.05) is 6.07 Å². The second-order valence-electron chi connectivity index (χ2n) is 7.62. The van der Waals surface area contributed by atoms with E-state index in [2.05, 4.69) is 16.0 Å². The number of nitriles is 1. The van der Waals surface area contributed by atoms with E-state index < -0.39 is 0 Å². The molecule has 0 N–H and O–H groups in total. The third-order valence-electron chi connectivity index (χ3n) is 5.82. The molecule has 2 aliphatic rings. The average molecular weight is 388 g/mol. The fraction of sp³-hybridized carbons (Fsp3) is 0.318. The zero-order valence-electron chi connectivity index (χ0n) is 16.0. The lowest BCUT2D eigenvalue weighted by atomic mass is 9.83. The molecule has 2 bridgehead atoms. The highest BCUT2D eigenvalue weighted by Gasteiger charge is 2.36. The summed E-state index contributed by atoms with van der Waals surface area (Å²) in [4.78, 5) is 18.7. The monoisotopic (exact) mass is 388 g/mol. The summed E-state index contributed by atoms with van der Waals surface area (Å²) < 4.78 is 13.2. The maximum atomic E-state index is 12.2. The van der Waals surface area contributed by atoms with Crippen LogP contribution in [-0.4, -0.2) is 29.8 Å². The van der Waals surface area contributed by atoms with Crippen molar-refractivity contribution >= 4 is 5.88 Å². The van der Waals surface area contributed by atoms with Crippen LogP contribution >= 0.6 is 0 Å². The molecule has 1 saturated heterocycles. The van der Waals surface area contributed by atoms with Crippen molar-refractivity contribution in [3.05, 3.63) is 64.2 Å². The molecule has 0 amide bonds. The molecule has 1 fully saturated rings. The van der Waals surface area contributed by atoms with Crippen molar-refractivity contribution in [2.75, 3.05) is 25.1 Å². The van der Waals surface area contributed by atoms with Gasteiger partial charge in [0.15, 0.2) is 0 Å². The van der Waals surface area contributed by atoms with E-state index in [0.717, 1.165) is 30.0 Å². The van der Waals surface area contributed by atoms with Crippen LogP contribution in [0.5, 0.6) is 5.75 Å². The summed E-state index contributed by atoms with van der Waals surface area (Å²) in [5.74, 6) is 2.25. The fourth-order valence-corrected chi connectivity index (χ4v) is 4.52. The average Bonchev–Trinajstić information content (AvgIpc) is 3.19. The number of nitrogens with zero attached hydrogens (tertiary/aromatic N) is 4. The van der Waals surface area contributed by atoms with Crippen molar-refractivity contribution in [2.24, 2.45) is 5.92 Å². The summed E-state index contributed by atoms with van der Waals surface area (Å²) in [7, 11) is 1.62. The van der Waals surface area contributed by atoms with Crippen molar-refractivity contribution in [1.82, 2.24) is 9.55 Å². The van der Waals surface area contributed by atoms with Crippen LogP contribution < -0.4 is 15.2 Å². The molecule has 7 heteroatoms. The normalized spacial score (nSPS) is 20.1. The van der Waals surface area contributed by atoms with Crippen molar-refractivity contribution in [2.45, 2.75) is 18.9 Å². The van der Waals surface area contributed by atoms with E-state index >= 15 is 0 Å². The highest BCUT2D eigenvalue weighted by atomic mass is 16.5. The molecule has 7 nitrogen and oxygen atoms in total. The molecule has 29 heavy (non-hydrogen) atoms. The lowest BCUT2D eigenvalue weighted by molar-refractivity contribution is 0.275. The molecular weight excluding hydrogens is 368 g/mol. The van der Waals surface area contributed by atoms with Gasteiger partial charge < -0.3 is 18.6 Å². The van der Waals surface area contributed by atoms with Gasteiger partial charge in [0.25, 0.3) is 5.56 Å². The molecule has 2 aliphatic heterocycles. The number of benzene rings is 1. The second-order valence-corrected chi connectivity index (χ2v) is 7.62. The number of fused-ring (bicyclic) bond motifs is 4. The lowest BCUT2D eigenvalue weighted by Crippen LogP contribution is -2.47. The van der Waals surface area contributed by atoms with Gasteiger partial charge in [-0.3, -0.25) is 4.79 Å². The van der Waals surface area contributed by atoms with Gasteiger partial charge in [-0.2, -0.15) is 10.2 Å². The third kappa shape index (κ3) is 2.97. The van der Waals surface area contributed by atoms with Crippen LogP contribution in [0.1, 0.15) is 23.7 Å². The molecule has 2 atom stereocenters. The molecule has 0 unspecified atom stereocenters. The maximum Gasteiger partial charge on any atom is 0.250 e. The van der Waals surface area contributed by atoms with Crippen molar-refractivity contribution in [3.63, 3.8) is 0 Å². The SMILES string of the molecule is COc1ccc(-c2nc(C#N)c(N3C[C@@H]4C[C@H](C3)c3cccc(=O)n3C4)o2)cc1. The summed E-state index contributed by atoms with van der Waals surface area (Å²) >= 11 is 0. The van der Waals surface area contributed by atoms with E-state index in [0.29, 0.717) is 36.5 Å². The standard InChI is InChI=1S/C22H20N4O3/c1-28-17-7-5-15(6-8-17)21-24-18(10-23)22(29-21)25-11-14-9-16(13-25)19-3-2-4-20(27)26(19)12-14/h2-8,14,16H,9,11-13H2,1H3/t14-,16+/m0/s1. The zero-order valence-corrected chi connectivity index (χ0v) is 16.0. The molecule has 0 aliphatic carbocycles. The predicted octanol–water partition coefficient (Wildman–Crippen LogP) is 3.01. The Kier molecular flexibility index (Phi) is 4.13. The van der Waals surface area contributed by atoms with Gasteiger partial charge >= 0.3 is 0 Å². The zero-order chi connectivity index (χ0) is 20.0. The minimum absolute atomic E-state index is 0.0600. The first-order valence-corrected chi connectivity index (χ1v) is 9.66.